The molecule has 1 aromatic carbocycles. The number of fused-ring (bicyclic) bond motifs is 1. The molecule has 1 saturated heterocycles. The molecule has 0 spiro atoms. The average Bonchev–Trinajstić information content (AvgIpc) is 3.20. The van der Waals surface area contributed by atoms with Gasteiger partial charge in [-0.3, -0.25) is 0 Å². The highest BCUT2D eigenvalue weighted by molar-refractivity contribution is 5.66. The lowest BCUT2D eigenvalue weighted by atomic mass is 10.1. The summed E-state index contributed by atoms with van der Waals surface area (Å²) in [5.74, 6) is -7.06. The van der Waals surface area contributed by atoms with E-state index in [0.29, 0.717) is 0 Å². The van der Waals surface area contributed by atoms with Gasteiger partial charge in [0, 0.05) is 18.5 Å². The molecule has 130 valence electrons. The van der Waals surface area contributed by atoms with E-state index in [-0.39, 0.29) is 42.3 Å². The molecule has 0 unspecified atom stereocenters. The van der Waals surface area contributed by atoms with Crippen LogP contribution in [0.1, 0.15) is 23.5 Å². The van der Waals surface area contributed by atoms with E-state index in [9.17, 15) is 17.6 Å². The van der Waals surface area contributed by atoms with Crippen LogP contribution in [0, 0.1) is 0 Å². The molecule has 0 N–H and O–H groups in total. The highest BCUT2D eigenvalue weighted by Crippen LogP contribution is 2.42. The van der Waals surface area contributed by atoms with Gasteiger partial charge in [0.25, 0.3) is 5.92 Å². The Balaban J connectivity index is 1.80. The van der Waals surface area contributed by atoms with Gasteiger partial charge in [-0.2, -0.15) is 13.9 Å². The zero-order valence-electron chi connectivity index (χ0n) is 13.0. The number of alkyl halides is 4. The summed E-state index contributed by atoms with van der Waals surface area (Å²) in [6.07, 6.45) is -0.354. The SMILES string of the molecule is FC1(F)CCN(c2nc(C(F)(F)c3ccccc3)nc3c2N=NC3)C1. The van der Waals surface area contributed by atoms with Crippen LogP contribution < -0.4 is 4.90 Å². The molecule has 2 aromatic rings. The van der Waals surface area contributed by atoms with Crippen molar-refractivity contribution < 1.29 is 17.6 Å². The lowest BCUT2D eigenvalue weighted by Gasteiger charge is -2.22. The molecule has 9 heteroatoms. The van der Waals surface area contributed by atoms with E-state index < -0.39 is 24.2 Å². The van der Waals surface area contributed by atoms with Gasteiger partial charge in [-0.25, -0.2) is 18.7 Å². The molecule has 0 bridgehead atoms. The summed E-state index contributed by atoms with van der Waals surface area (Å²) in [6, 6.07) is 7.15. The fourth-order valence-electron chi connectivity index (χ4n) is 2.93. The number of rotatable bonds is 3. The van der Waals surface area contributed by atoms with Gasteiger partial charge in [0.15, 0.2) is 11.5 Å². The van der Waals surface area contributed by atoms with Crippen LogP contribution in [0.5, 0.6) is 0 Å². The van der Waals surface area contributed by atoms with Gasteiger partial charge in [-0.1, -0.05) is 30.3 Å². The first-order valence-corrected chi connectivity index (χ1v) is 7.72. The molecule has 0 radical (unpaired) electrons. The van der Waals surface area contributed by atoms with E-state index in [1.54, 1.807) is 6.07 Å². The number of halogens is 4. The second-order valence-corrected chi connectivity index (χ2v) is 6.03. The van der Waals surface area contributed by atoms with E-state index in [2.05, 4.69) is 20.2 Å². The third kappa shape index (κ3) is 2.73. The van der Waals surface area contributed by atoms with Crippen molar-refractivity contribution in [1.82, 2.24) is 9.97 Å². The Labute approximate surface area is 140 Å². The maximum Gasteiger partial charge on any atom is 0.331 e. The van der Waals surface area contributed by atoms with Crippen molar-refractivity contribution in [3.63, 3.8) is 0 Å². The van der Waals surface area contributed by atoms with Crippen LogP contribution in [0.15, 0.2) is 40.6 Å². The minimum atomic E-state index is -3.45. The summed E-state index contributed by atoms with van der Waals surface area (Å²) in [6.45, 7) is -0.530. The summed E-state index contributed by atoms with van der Waals surface area (Å²) >= 11 is 0. The molecule has 0 aliphatic carbocycles. The molecular weight excluding hydrogens is 338 g/mol. The molecule has 0 atom stereocenters. The number of hydrogen-bond acceptors (Lipinski definition) is 5. The second kappa shape index (κ2) is 5.47. The summed E-state index contributed by atoms with van der Waals surface area (Å²) in [7, 11) is 0. The summed E-state index contributed by atoms with van der Waals surface area (Å²) < 4.78 is 56.7. The Kier molecular flexibility index (Phi) is 3.48. The maximum absolute atomic E-state index is 14.8. The van der Waals surface area contributed by atoms with Gasteiger partial charge in [-0.05, 0) is 0 Å². The van der Waals surface area contributed by atoms with Crippen LogP contribution in [0.3, 0.4) is 0 Å². The molecular formula is C16H13F4N5. The average molecular weight is 351 g/mol. The molecule has 1 fully saturated rings. The lowest BCUT2D eigenvalue weighted by molar-refractivity contribution is 0.0256. The van der Waals surface area contributed by atoms with Gasteiger partial charge in [0.2, 0.25) is 5.82 Å². The fourth-order valence-corrected chi connectivity index (χ4v) is 2.93. The maximum atomic E-state index is 14.8. The standard InChI is InChI=1S/C16H13F4N5/c17-15(18)6-7-25(9-15)13-12-11(8-21-24-12)22-14(23-13)16(19,20)10-4-2-1-3-5-10/h1-5H,6-9H2. The second-order valence-electron chi connectivity index (χ2n) is 6.03. The third-order valence-corrected chi connectivity index (χ3v) is 4.22. The van der Waals surface area contributed by atoms with Crippen LogP contribution in [0.25, 0.3) is 0 Å². The normalized spacial score (nSPS) is 18.6. The quantitative estimate of drug-likeness (QED) is 0.784. The molecule has 0 amide bonds. The van der Waals surface area contributed by atoms with Crippen LogP contribution in [0.2, 0.25) is 0 Å². The predicted octanol–water partition coefficient (Wildman–Crippen LogP) is 4.06. The summed E-state index contributed by atoms with van der Waals surface area (Å²) in [4.78, 5) is 9.10. The Bertz CT molecular complexity index is 838. The summed E-state index contributed by atoms with van der Waals surface area (Å²) in [5, 5.41) is 7.64. The van der Waals surface area contributed by atoms with Crippen molar-refractivity contribution in [2.75, 3.05) is 18.0 Å². The first-order chi connectivity index (χ1) is 11.9. The smallest absolute Gasteiger partial charge is 0.331 e. The Morgan fingerprint density at radius 1 is 1.08 bits per heavy atom. The first kappa shape index (κ1) is 15.9. The van der Waals surface area contributed by atoms with Crippen molar-refractivity contribution in [3.05, 3.63) is 47.4 Å². The van der Waals surface area contributed by atoms with E-state index in [1.165, 1.54) is 29.2 Å². The number of anilines is 1. The van der Waals surface area contributed by atoms with Gasteiger partial charge >= 0.3 is 5.92 Å². The van der Waals surface area contributed by atoms with Crippen LogP contribution in [-0.2, 0) is 12.5 Å². The fraction of sp³-hybridized carbons (Fsp3) is 0.375. The van der Waals surface area contributed by atoms with Gasteiger partial charge in [-0.15, -0.1) is 5.11 Å². The molecule has 2 aliphatic heterocycles. The van der Waals surface area contributed by atoms with Crippen LogP contribution >= 0.6 is 0 Å². The van der Waals surface area contributed by atoms with Gasteiger partial charge < -0.3 is 4.90 Å². The highest BCUT2D eigenvalue weighted by Gasteiger charge is 2.43. The summed E-state index contributed by atoms with van der Waals surface area (Å²) in [5.41, 5.74) is 0.163. The number of azo groups is 1. The van der Waals surface area contributed by atoms with Crippen molar-refractivity contribution in [2.24, 2.45) is 10.2 Å². The van der Waals surface area contributed by atoms with Gasteiger partial charge in [0.05, 0.1) is 12.2 Å². The van der Waals surface area contributed by atoms with Crippen molar-refractivity contribution in [2.45, 2.75) is 24.8 Å². The molecule has 25 heavy (non-hydrogen) atoms. The Morgan fingerprint density at radius 2 is 1.84 bits per heavy atom. The molecule has 1 aromatic heterocycles. The lowest BCUT2D eigenvalue weighted by Crippen LogP contribution is -2.28. The number of aromatic nitrogens is 2. The topological polar surface area (TPSA) is 53.7 Å². The van der Waals surface area contributed by atoms with Crippen molar-refractivity contribution >= 4 is 11.5 Å². The number of benzene rings is 1. The van der Waals surface area contributed by atoms with Crippen LogP contribution in [-0.4, -0.2) is 29.0 Å². The molecule has 4 rings (SSSR count). The zero-order valence-corrected chi connectivity index (χ0v) is 13.0. The monoisotopic (exact) mass is 351 g/mol. The number of nitrogens with zero attached hydrogens (tertiary/aromatic N) is 5. The Hall–Kier alpha value is -2.58. The van der Waals surface area contributed by atoms with E-state index in [1.807, 2.05) is 0 Å². The molecule has 5 nitrogen and oxygen atoms in total. The first-order valence-electron chi connectivity index (χ1n) is 7.72. The van der Waals surface area contributed by atoms with E-state index in [4.69, 9.17) is 0 Å². The third-order valence-electron chi connectivity index (χ3n) is 4.22. The highest BCUT2D eigenvalue weighted by atomic mass is 19.3. The zero-order chi connectivity index (χ0) is 17.7. The molecule has 0 saturated carbocycles. The van der Waals surface area contributed by atoms with E-state index in [0.717, 1.165) is 0 Å². The van der Waals surface area contributed by atoms with E-state index >= 15 is 0 Å². The van der Waals surface area contributed by atoms with Gasteiger partial charge in [0.1, 0.15) is 6.54 Å². The van der Waals surface area contributed by atoms with Crippen molar-refractivity contribution in [3.8, 4) is 0 Å². The molecule has 3 heterocycles. The molecule has 2 aliphatic rings. The number of hydrogen-bond donors (Lipinski definition) is 0. The van der Waals surface area contributed by atoms with Crippen molar-refractivity contribution in [1.29, 1.82) is 0 Å². The Morgan fingerprint density at radius 3 is 2.52 bits per heavy atom. The predicted molar refractivity (Wildman–Crippen MR) is 81.5 cm³/mol. The minimum Gasteiger partial charge on any atom is -0.348 e. The van der Waals surface area contributed by atoms with Crippen LogP contribution in [0.4, 0.5) is 29.1 Å². The minimum absolute atomic E-state index is 0.00553. The largest absolute Gasteiger partial charge is 0.348 e.